The molecule has 0 aromatic rings. The summed E-state index contributed by atoms with van der Waals surface area (Å²) in [5.41, 5.74) is 0.383. The van der Waals surface area contributed by atoms with E-state index in [2.05, 4.69) is 6.58 Å². The summed E-state index contributed by atoms with van der Waals surface area (Å²) in [5.74, 6) is -0.931. The first-order valence-corrected chi connectivity index (χ1v) is 3.81. The molecule has 0 aliphatic heterocycles. The van der Waals surface area contributed by atoms with Gasteiger partial charge in [-0.3, -0.25) is 9.59 Å². The zero-order valence-electron chi connectivity index (χ0n) is 7.46. The van der Waals surface area contributed by atoms with Crippen LogP contribution in [0.5, 0.6) is 0 Å². The molecule has 0 amide bonds. The van der Waals surface area contributed by atoms with E-state index < -0.39 is 5.92 Å². The van der Waals surface area contributed by atoms with Crippen molar-refractivity contribution >= 4 is 11.6 Å². The lowest BCUT2D eigenvalue weighted by Crippen LogP contribution is -2.18. The number of allylic oxidation sites excluding steroid dienone is 1. The van der Waals surface area contributed by atoms with E-state index in [4.69, 9.17) is 5.11 Å². The fourth-order valence-corrected chi connectivity index (χ4v) is 0.585. The Kier molecular flexibility index (Phi) is 4.44. The monoisotopic (exact) mass is 170 g/mol. The van der Waals surface area contributed by atoms with Crippen LogP contribution >= 0.6 is 0 Å². The lowest BCUT2D eigenvalue weighted by molar-refractivity contribution is -0.128. The third-order valence-corrected chi connectivity index (χ3v) is 1.63. The summed E-state index contributed by atoms with van der Waals surface area (Å²) in [6, 6.07) is 0. The molecule has 0 bridgehead atoms. The minimum Gasteiger partial charge on any atom is -0.396 e. The largest absolute Gasteiger partial charge is 0.396 e. The molecule has 0 rings (SSSR count). The predicted molar refractivity (Wildman–Crippen MR) is 45.7 cm³/mol. The van der Waals surface area contributed by atoms with Gasteiger partial charge in [-0.25, -0.2) is 0 Å². The van der Waals surface area contributed by atoms with E-state index in [-0.39, 0.29) is 24.6 Å². The first-order chi connectivity index (χ1) is 5.49. The van der Waals surface area contributed by atoms with Crippen LogP contribution in [0.4, 0.5) is 0 Å². The highest BCUT2D eigenvalue weighted by Gasteiger charge is 2.15. The Balaban J connectivity index is 4.01. The van der Waals surface area contributed by atoms with Crippen LogP contribution in [0.25, 0.3) is 0 Å². The summed E-state index contributed by atoms with van der Waals surface area (Å²) < 4.78 is 0. The Morgan fingerprint density at radius 1 is 1.50 bits per heavy atom. The summed E-state index contributed by atoms with van der Waals surface area (Å²) in [6.45, 7) is 6.38. The lowest BCUT2D eigenvalue weighted by Gasteiger charge is -2.04. The Bertz CT molecular complexity index is 206. The number of aliphatic hydroxyl groups excluding tert-OH is 1. The molecule has 0 spiro atoms. The quantitative estimate of drug-likeness (QED) is 0.488. The molecular formula is C9H14O3. The number of carbonyl (C=O) groups excluding carboxylic acids is 2. The number of hydrogen-bond donors (Lipinski definition) is 1. The SMILES string of the molecule is C=C(C)C(=O)CC(=O)C(C)CO. The smallest absolute Gasteiger partial charge is 0.165 e. The lowest BCUT2D eigenvalue weighted by atomic mass is 10.0. The molecule has 1 unspecified atom stereocenters. The molecule has 0 radical (unpaired) electrons. The summed E-state index contributed by atoms with van der Waals surface area (Å²) in [5, 5.41) is 8.60. The van der Waals surface area contributed by atoms with Gasteiger partial charge in [0.05, 0.1) is 13.0 Å². The van der Waals surface area contributed by atoms with Crippen LogP contribution in [0.2, 0.25) is 0 Å². The zero-order chi connectivity index (χ0) is 9.72. The number of hydrogen-bond acceptors (Lipinski definition) is 3. The molecule has 0 heterocycles. The van der Waals surface area contributed by atoms with Gasteiger partial charge >= 0.3 is 0 Å². The molecule has 0 aliphatic rings. The maximum absolute atomic E-state index is 11.1. The normalized spacial score (nSPS) is 12.2. The minimum atomic E-state index is -0.451. The first-order valence-electron chi connectivity index (χ1n) is 3.81. The summed E-state index contributed by atoms with van der Waals surface area (Å²) in [7, 11) is 0. The second kappa shape index (κ2) is 4.83. The number of Topliss-reactive ketones (excluding diaryl/α,β-unsaturated/α-hetero) is 2. The molecule has 0 aromatic carbocycles. The van der Waals surface area contributed by atoms with Crippen molar-refractivity contribution in [2.24, 2.45) is 5.92 Å². The van der Waals surface area contributed by atoms with E-state index in [1.165, 1.54) is 0 Å². The average Bonchev–Trinajstić information content (AvgIpc) is 2.02. The van der Waals surface area contributed by atoms with Crippen LogP contribution in [0, 0.1) is 5.92 Å². The minimum absolute atomic E-state index is 0.142. The molecule has 0 fully saturated rings. The number of ketones is 2. The van der Waals surface area contributed by atoms with E-state index in [1.54, 1.807) is 13.8 Å². The molecule has 1 atom stereocenters. The van der Waals surface area contributed by atoms with Gasteiger partial charge in [-0.1, -0.05) is 13.5 Å². The molecule has 0 saturated heterocycles. The fourth-order valence-electron chi connectivity index (χ4n) is 0.585. The molecule has 0 aliphatic carbocycles. The van der Waals surface area contributed by atoms with Crippen molar-refractivity contribution in [2.75, 3.05) is 6.61 Å². The van der Waals surface area contributed by atoms with E-state index in [0.717, 1.165) is 0 Å². The third-order valence-electron chi connectivity index (χ3n) is 1.63. The number of carbonyl (C=O) groups is 2. The standard InChI is InChI=1S/C9H14O3/c1-6(2)8(11)4-9(12)7(3)5-10/h7,10H,1,4-5H2,2-3H3. The molecule has 1 N–H and O–H groups in total. The second-order valence-electron chi connectivity index (χ2n) is 2.93. The van der Waals surface area contributed by atoms with Gasteiger partial charge in [-0.05, 0) is 12.5 Å². The third kappa shape index (κ3) is 3.44. The van der Waals surface area contributed by atoms with Gasteiger partial charge < -0.3 is 5.11 Å². The van der Waals surface area contributed by atoms with Crippen molar-refractivity contribution in [3.05, 3.63) is 12.2 Å². The molecule has 3 nitrogen and oxygen atoms in total. The average molecular weight is 170 g/mol. The summed E-state index contributed by atoms with van der Waals surface area (Å²) >= 11 is 0. The second-order valence-corrected chi connectivity index (χ2v) is 2.93. The molecule has 68 valence electrons. The van der Waals surface area contributed by atoms with Gasteiger partial charge in [0.25, 0.3) is 0 Å². The molecular weight excluding hydrogens is 156 g/mol. The Morgan fingerprint density at radius 2 is 2.00 bits per heavy atom. The van der Waals surface area contributed by atoms with Crippen LogP contribution in [0.3, 0.4) is 0 Å². The van der Waals surface area contributed by atoms with Gasteiger partial charge in [0.2, 0.25) is 0 Å². The summed E-state index contributed by atoms with van der Waals surface area (Å²) in [4.78, 5) is 22.0. The van der Waals surface area contributed by atoms with Gasteiger partial charge in [0.1, 0.15) is 5.78 Å². The van der Waals surface area contributed by atoms with Crippen molar-refractivity contribution in [1.29, 1.82) is 0 Å². The predicted octanol–water partition coefficient (Wildman–Crippen LogP) is 0.719. The number of aliphatic hydroxyl groups is 1. The van der Waals surface area contributed by atoms with Crippen LogP contribution in [-0.4, -0.2) is 23.3 Å². The Hall–Kier alpha value is -0.960. The van der Waals surface area contributed by atoms with E-state index in [1.807, 2.05) is 0 Å². The van der Waals surface area contributed by atoms with Crippen molar-refractivity contribution in [3.63, 3.8) is 0 Å². The van der Waals surface area contributed by atoms with Crippen molar-refractivity contribution in [3.8, 4) is 0 Å². The van der Waals surface area contributed by atoms with Gasteiger partial charge in [-0.2, -0.15) is 0 Å². The van der Waals surface area contributed by atoms with Crippen LogP contribution < -0.4 is 0 Å². The maximum atomic E-state index is 11.1. The van der Waals surface area contributed by atoms with Crippen LogP contribution in [-0.2, 0) is 9.59 Å². The molecule has 3 heteroatoms. The van der Waals surface area contributed by atoms with Gasteiger partial charge in [0.15, 0.2) is 5.78 Å². The highest BCUT2D eigenvalue weighted by atomic mass is 16.3. The van der Waals surface area contributed by atoms with Crippen LogP contribution in [0.15, 0.2) is 12.2 Å². The number of rotatable bonds is 5. The first kappa shape index (κ1) is 11.0. The van der Waals surface area contributed by atoms with E-state index in [9.17, 15) is 9.59 Å². The fraction of sp³-hybridized carbons (Fsp3) is 0.556. The van der Waals surface area contributed by atoms with Gasteiger partial charge in [0, 0.05) is 5.92 Å². The van der Waals surface area contributed by atoms with Gasteiger partial charge in [-0.15, -0.1) is 0 Å². The maximum Gasteiger partial charge on any atom is 0.165 e. The highest BCUT2D eigenvalue weighted by Crippen LogP contribution is 2.03. The van der Waals surface area contributed by atoms with E-state index >= 15 is 0 Å². The topological polar surface area (TPSA) is 54.4 Å². The van der Waals surface area contributed by atoms with Crippen molar-refractivity contribution < 1.29 is 14.7 Å². The molecule has 0 saturated carbocycles. The highest BCUT2D eigenvalue weighted by molar-refractivity contribution is 6.07. The Morgan fingerprint density at radius 3 is 2.33 bits per heavy atom. The van der Waals surface area contributed by atoms with Crippen molar-refractivity contribution in [2.45, 2.75) is 20.3 Å². The molecule has 12 heavy (non-hydrogen) atoms. The summed E-state index contributed by atoms with van der Waals surface area (Å²) in [6.07, 6.45) is -0.142. The Labute approximate surface area is 72.1 Å². The van der Waals surface area contributed by atoms with Crippen LogP contribution in [0.1, 0.15) is 20.3 Å². The van der Waals surface area contributed by atoms with E-state index in [0.29, 0.717) is 5.57 Å². The zero-order valence-corrected chi connectivity index (χ0v) is 7.46. The molecule has 0 aromatic heterocycles. The van der Waals surface area contributed by atoms with Crippen molar-refractivity contribution in [1.82, 2.24) is 0 Å².